The predicted molar refractivity (Wildman–Crippen MR) is 105 cm³/mol. The molecule has 2 heterocycles. The largest absolute Gasteiger partial charge is 0.326 e. The van der Waals surface area contributed by atoms with Crippen molar-refractivity contribution in [3.63, 3.8) is 0 Å². The van der Waals surface area contributed by atoms with E-state index in [9.17, 15) is 14.4 Å². The quantitative estimate of drug-likeness (QED) is 0.753. The smallest absolute Gasteiger partial charge is 0.251 e. The molecule has 0 aliphatic carbocycles. The number of anilines is 2. The molecule has 1 unspecified atom stereocenters. The summed E-state index contributed by atoms with van der Waals surface area (Å²) in [5, 5.41) is 3.76. The molecule has 2 aromatic carbocycles. The molecule has 2 amide bonds. The van der Waals surface area contributed by atoms with Gasteiger partial charge >= 0.3 is 0 Å². The minimum Gasteiger partial charge on any atom is -0.326 e. The van der Waals surface area contributed by atoms with E-state index in [1.165, 1.54) is 0 Å². The van der Waals surface area contributed by atoms with Crippen molar-refractivity contribution in [2.24, 2.45) is 5.92 Å². The van der Waals surface area contributed by atoms with Crippen LogP contribution in [-0.4, -0.2) is 23.3 Å². The van der Waals surface area contributed by atoms with Crippen LogP contribution >= 0.6 is 0 Å². The van der Waals surface area contributed by atoms with Crippen molar-refractivity contribution >= 4 is 34.1 Å². The summed E-state index contributed by atoms with van der Waals surface area (Å²) in [6.07, 6.45) is 0.185. The Balaban J connectivity index is 1.51. The van der Waals surface area contributed by atoms with Crippen LogP contribution in [0.3, 0.4) is 0 Å². The maximum atomic E-state index is 12.6. The van der Waals surface area contributed by atoms with Crippen LogP contribution in [0.1, 0.15) is 12.0 Å². The monoisotopic (exact) mass is 361 g/mol. The number of H-pyrrole nitrogens is 1. The van der Waals surface area contributed by atoms with E-state index >= 15 is 0 Å². The van der Waals surface area contributed by atoms with Gasteiger partial charge in [0.15, 0.2) is 0 Å². The molecule has 4 rings (SSSR count). The fourth-order valence-corrected chi connectivity index (χ4v) is 3.37. The molecule has 6 nitrogen and oxygen atoms in total. The Labute approximate surface area is 155 Å². The summed E-state index contributed by atoms with van der Waals surface area (Å²) >= 11 is 0. The molecular weight excluding hydrogens is 342 g/mol. The number of carbonyl (C=O) groups excluding carboxylic acids is 2. The molecule has 1 atom stereocenters. The van der Waals surface area contributed by atoms with Gasteiger partial charge in [0.2, 0.25) is 11.8 Å². The molecule has 1 aromatic heterocycles. The molecule has 1 aliphatic rings. The van der Waals surface area contributed by atoms with E-state index in [1.54, 1.807) is 24.0 Å². The third-order valence-electron chi connectivity index (χ3n) is 4.86. The molecule has 3 aromatic rings. The number of hydrogen-bond donors (Lipinski definition) is 2. The number of fused-ring (bicyclic) bond motifs is 1. The number of benzene rings is 2. The van der Waals surface area contributed by atoms with Gasteiger partial charge in [0.1, 0.15) is 0 Å². The molecule has 0 saturated carbocycles. The maximum Gasteiger partial charge on any atom is 0.251 e. The molecule has 1 saturated heterocycles. The second kappa shape index (κ2) is 6.72. The van der Waals surface area contributed by atoms with Crippen LogP contribution in [0.4, 0.5) is 11.4 Å². The lowest BCUT2D eigenvalue weighted by molar-refractivity contribution is -0.122. The van der Waals surface area contributed by atoms with Crippen LogP contribution in [0.15, 0.2) is 59.4 Å². The SMILES string of the molecule is Cc1cc2ccc(NC(=O)C3CC(=O)N(c4ccccc4)C3)cc2[nH]c1=O. The van der Waals surface area contributed by atoms with Gasteiger partial charge in [-0.1, -0.05) is 24.3 Å². The topological polar surface area (TPSA) is 82.3 Å². The highest BCUT2D eigenvalue weighted by Crippen LogP contribution is 2.26. The Kier molecular flexibility index (Phi) is 4.24. The number of aromatic nitrogens is 1. The van der Waals surface area contributed by atoms with Crippen molar-refractivity contribution in [1.82, 2.24) is 4.98 Å². The summed E-state index contributed by atoms with van der Waals surface area (Å²) in [5.41, 5.74) is 2.56. The third-order valence-corrected chi connectivity index (χ3v) is 4.86. The van der Waals surface area contributed by atoms with Crippen LogP contribution in [0, 0.1) is 12.8 Å². The Hall–Kier alpha value is -3.41. The first-order valence-electron chi connectivity index (χ1n) is 8.81. The molecule has 2 N–H and O–H groups in total. The summed E-state index contributed by atoms with van der Waals surface area (Å²) in [6.45, 7) is 2.11. The molecule has 136 valence electrons. The normalized spacial score (nSPS) is 16.7. The zero-order valence-corrected chi connectivity index (χ0v) is 14.9. The molecular formula is C21H19N3O3. The van der Waals surface area contributed by atoms with Crippen molar-refractivity contribution in [1.29, 1.82) is 0 Å². The summed E-state index contributed by atoms with van der Waals surface area (Å²) in [6, 6.07) is 16.5. The predicted octanol–water partition coefficient (Wildman–Crippen LogP) is 2.83. The van der Waals surface area contributed by atoms with Gasteiger partial charge in [0.25, 0.3) is 5.56 Å². The van der Waals surface area contributed by atoms with Gasteiger partial charge in [-0.05, 0) is 42.6 Å². The standard InChI is InChI=1S/C21H19N3O3/c1-13-9-14-7-8-16(11-18(14)23-20(13)26)22-21(27)15-10-19(25)24(12-15)17-5-3-2-4-6-17/h2-9,11,15H,10,12H2,1H3,(H,22,27)(H,23,26). The molecule has 1 fully saturated rings. The number of aryl methyl sites for hydroxylation is 1. The fraction of sp³-hybridized carbons (Fsp3) is 0.190. The van der Waals surface area contributed by atoms with Crippen LogP contribution in [-0.2, 0) is 9.59 Å². The zero-order chi connectivity index (χ0) is 19.0. The molecule has 6 heteroatoms. The van der Waals surface area contributed by atoms with E-state index < -0.39 is 5.92 Å². The first-order chi connectivity index (χ1) is 13.0. The number of carbonyl (C=O) groups is 2. The Morgan fingerprint density at radius 3 is 2.67 bits per heavy atom. The van der Waals surface area contributed by atoms with E-state index in [-0.39, 0.29) is 23.8 Å². The van der Waals surface area contributed by atoms with Gasteiger partial charge in [0.05, 0.1) is 11.4 Å². The van der Waals surface area contributed by atoms with Crippen LogP contribution < -0.4 is 15.8 Å². The van der Waals surface area contributed by atoms with Crippen LogP contribution in [0.2, 0.25) is 0 Å². The van der Waals surface area contributed by atoms with Crippen molar-refractivity contribution < 1.29 is 9.59 Å². The number of hydrogen-bond acceptors (Lipinski definition) is 3. The Bertz CT molecular complexity index is 1090. The number of rotatable bonds is 3. The molecule has 0 radical (unpaired) electrons. The number of aromatic amines is 1. The Morgan fingerprint density at radius 2 is 1.89 bits per heavy atom. The van der Waals surface area contributed by atoms with E-state index in [0.29, 0.717) is 23.3 Å². The van der Waals surface area contributed by atoms with Gasteiger partial charge in [0, 0.05) is 29.9 Å². The lowest BCUT2D eigenvalue weighted by Gasteiger charge is -2.16. The molecule has 1 aliphatic heterocycles. The van der Waals surface area contributed by atoms with Gasteiger partial charge in [-0.25, -0.2) is 0 Å². The van der Waals surface area contributed by atoms with E-state index in [0.717, 1.165) is 11.1 Å². The van der Waals surface area contributed by atoms with Gasteiger partial charge in [-0.2, -0.15) is 0 Å². The number of amides is 2. The molecule has 27 heavy (non-hydrogen) atoms. The van der Waals surface area contributed by atoms with Crippen molar-refractivity contribution in [2.45, 2.75) is 13.3 Å². The van der Waals surface area contributed by atoms with Gasteiger partial charge < -0.3 is 15.2 Å². The first-order valence-corrected chi connectivity index (χ1v) is 8.81. The molecule has 0 spiro atoms. The highest BCUT2D eigenvalue weighted by molar-refractivity contribution is 6.04. The highest BCUT2D eigenvalue weighted by atomic mass is 16.2. The highest BCUT2D eigenvalue weighted by Gasteiger charge is 2.35. The first kappa shape index (κ1) is 17.0. The van der Waals surface area contributed by atoms with E-state index in [1.807, 2.05) is 42.5 Å². The second-order valence-corrected chi connectivity index (χ2v) is 6.81. The Morgan fingerprint density at radius 1 is 1.11 bits per heavy atom. The summed E-state index contributed by atoms with van der Waals surface area (Å²) in [4.78, 5) is 41.2. The maximum absolute atomic E-state index is 12.6. The zero-order valence-electron chi connectivity index (χ0n) is 14.9. The third kappa shape index (κ3) is 3.33. The van der Waals surface area contributed by atoms with E-state index in [2.05, 4.69) is 10.3 Å². The lowest BCUT2D eigenvalue weighted by Crippen LogP contribution is -2.28. The number of pyridine rings is 1. The van der Waals surface area contributed by atoms with Crippen molar-refractivity contribution in [3.8, 4) is 0 Å². The number of para-hydroxylation sites is 1. The second-order valence-electron chi connectivity index (χ2n) is 6.81. The molecule has 0 bridgehead atoms. The lowest BCUT2D eigenvalue weighted by atomic mass is 10.1. The van der Waals surface area contributed by atoms with Crippen LogP contribution in [0.25, 0.3) is 10.9 Å². The average molecular weight is 361 g/mol. The van der Waals surface area contributed by atoms with Crippen molar-refractivity contribution in [2.75, 3.05) is 16.8 Å². The fourth-order valence-electron chi connectivity index (χ4n) is 3.37. The van der Waals surface area contributed by atoms with E-state index in [4.69, 9.17) is 0 Å². The van der Waals surface area contributed by atoms with Crippen LogP contribution in [0.5, 0.6) is 0 Å². The minimum atomic E-state index is -0.412. The average Bonchev–Trinajstić information content (AvgIpc) is 3.05. The van der Waals surface area contributed by atoms with Gasteiger partial charge in [-0.3, -0.25) is 14.4 Å². The minimum absolute atomic E-state index is 0.0559. The number of nitrogens with one attached hydrogen (secondary N) is 2. The summed E-state index contributed by atoms with van der Waals surface area (Å²) in [5.74, 6) is -0.666. The van der Waals surface area contributed by atoms with Crippen molar-refractivity contribution in [3.05, 3.63) is 70.5 Å². The van der Waals surface area contributed by atoms with Gasteiger partial charge in [-0.15, -0.1) is 0 Å². The summed E-state index contributed by atoms with van der Waals surface area (Å²) in [7, 11) is 0. The summed E-state index contributed by atoms with van der Waals surface area (Å²) < 4.78 is 0. The number of nitrogens with zero attached hydrogens (tertiary/aromatic N) is 1.